The van der Waals surface area contributed by atoms with Crippen molar-refractivity contribution in [1.29, 1.82) is 0 Å². The van der Waals surface area contributed by atoms with Gasteiger partial charge in [-0.3, -0.25) is 4.79 Å². The first kappa shape index (κ1) is 16.6. The predicted molar refractivity (Wildman–Crippen MR) is 103 cm³/mol. The zero-order chi connectivity index (χ0) is 17.9. The molecule has 5 nitrogen and oxygen atoms in total. The van der Waals surface area contributed by atoms with E-state index in [0.717, 1.165) is 30.3 Å². The lowest BCUT2D eigenvalue weighted by Gasteiger charge is -2.18. The first-order chi connectivity index (χ1) is 12.7. The fourth-order valence-electron chi connectivity index (χ4n) is 3.49. The van der Waals surface area contributed by atoms with Gasteiger partial charge < -0.3 is 15.1 Å². The number of anilines is 2. The Morgan fingerprint density at radius 2 is 1.92 bits per heavy atom. The van der Waals surface area contributed by atoms with Gasteiger partial charge >= 0.3 is 0 Å². The normalized spacial score (nSPS) is 22.0. The summed E-state index contributed by atoms with van der Waals surface area (Å²) in [6.45, 7) is 4.48. The lowest BCUT2D eigenvalue weighted by molar-refractivity contribution is -0.110. The second-order valence-corrected chi connectivity index (χ2v) is 7.09. The third-order valence-corrected chi connectivity index (χ3v) is 5.02. The van der Waals surface area contributed by atoms with E-state index in [2.05, 4.69) is 34.4 Å². The second-order valence-electron chi connectivity index (χ2n) is 7.09. The van der Waals surface area contributed by atoms with Gasteiger partial charge in [0.25, 0.3) is 5.91 Å². The highest BCUT2D eigenvalue weighted by molar-refractivity contribution is 6.43. The molecule has 0 aromatic heterocycles. The Hall–Kier alpha value is -2.82. The number of oxime groups is 1. The highest BCUT2D eigenvalue weighted by Crippen LogP contribution is 2.28. The number of amides is 1. The Labute approximate surface area is 153 Å². The van der Waals surface area contributed by atoms with Crippen LogP contribution in [0.2, 0.25) is 0 Å². The summed E-state index contributed by atoms with van der Waals surface area (Å²) in [6, 6.07) is 17.9. The van der Waals surface area contributed by atoms with Crippen molar-refractivity contribution in [3.05, 3.63) is 60.2 Å². The molecule has 2 atom stereocenters. The van der Waals surface area contributed by atoms with E-state index >= 15 is 0 Å². The molecule has 5 heteroatoms. The van der Waals surface area contributed by atoms with Gasteiger partial charge in [-0.25, -0.2) is 0 Å². The molecule has 134 valence electrons. The number of benzene rings is 2. The first-order valence-electron chi connectivity index (χ1n) is 9.13. The molecule has 2 aliphatic heterocycles. The molecule has 2 aromatic carbocycles. The van der Waals surface area contributed by atoms with E-state index in [-0.39, 0.29) is 12.0 Å². The van der Waals surface area contributed by atoms with Gasteiger partial charge in [0.05, 0.1) is 0 Å². The van der Waals surface area contributed by atoms with Crippen LogP contribution in [0.3, 0.4) is 0 Å². The fourth-order valence-corrected chi connectivity index (χ4v) is 3.49. The van der Waals surface area contributed by atoms with Crippen molar-refractivity contribution >= 4 is 23.0 Å². The smallest absolute Gasteiger partial charge is 0.273 e. The molecule has 1 fully saturated rings. The van der Waals surface area contributed by atoms with Crippen LogP contribution in [0, 0.1) is 5.92 Å². The van der Waals surface area contributed by atoms with E-state index in [1.807, 2.05) is 42.5 Å². The maximum Gasteiger partial charge on any atom is 0.273 e. The van der Waals surface area contributed by atoms with E-state index in [1.54, 1.807) is 0 Å². The molecule has 2 unspecified atom stereocenters. The summed E-state index contributed by atoms with van der Waals surface area (Å²) < 4.78 is 0. The van der Waals surface area contributed by atoms with Gasteiger partial charge in [-0.05, 0) is 42.2 Å². The lowest BCUT2D eigenvalue weighted by Crippen LogP contribution is -2.22. The third-order valence-electron chi connectivity index (χ3n) is 5.02. The molecular formula is C21H23N3O2. The maximum absolute atomic E-state index is 12.4. The maximum atomic E-state index is 12.4. The molecule has 26 heavy (non-hydrogen) atoms. The molecule has 2 aliphatic rings. The van der Waals surface area contributed by atoms with Crippen LogP contribution in [-0.4, -0.2) is 24.7 Å². The Morgan fingerprint density at radius 3 is 2.62 bits per heavy atom. The summed E-state index contributed by atoms with van der Waals surface area (Å²) in [7, 11) is 0. The molecule has 0 saturated carbocycles. The third kappa shape index (κ3) is 3.57. The van der Waals surface area contributed by atoms with E-state index < -0.39 is 0 Å². The van der Waals surface area contributed by atoms with E-state index in [0.29, 0.717) is 12.1 Å². The number of rotatable bonds is 4. The molecule has 1 amide bonds. The van der Waals surface area contributed by atoms with Gasteiger partial charge in [-0.2, -0.15) is 0 Å². The van der Waals surface area contributed by atoms with Crippen LogP contribution in [0.15, 0.2) is 59.8 Å². The minimum absolute atomic E-state index is 0.184. The van der Waals surface area contributed by atoms with Gasteiger partial charge in [0.1, 0.15) is 5.71 Å². The first-order valence-corrected chi connectivity index (χ1v) is 9.13. The molecular weight excluding hydrogens is 326 g/mol. The predicted octanol–water partition coefficient (Wildman–Crippen LogP) is 3.99. The highest BCUT2D eigenvalue weighted by Gasteiger charge is 2.27. The van der Waals surface area contributed by atoms with E-state index in [9.17, 15) is 4.79 Å². The van der Waals surface area contributed by atoms with Gasteiger partial charge in [-0.15, -0.1) is 0 Å². The fraction of sp³-hybridized carbons (Fsp3) is 0.333. The Bertz CT molecular complexity index is 802. The number of carbonyl (C=O) groups excluding carboxylic acids is 1. The Morgan fingerprint density at radius 1 is 1.15 bits per heavy atom. The number of carbonyl (C=O) groups is 1. The summed E-state index contributed by atoms with van der Waals surface area (Å²) in [6.07, 6.45) is 1.54. The van der Waals surface area contributed by atoms with Crippen LogP contribution in [0.5, 0.6) is 0 Å². The molecule has 2 aromatic rings. The quantitative estimate of drug-likeness (QED) is 0.908. The minimum Gasteiger partial charge on any atom is -0.387 e. The average molecular weight is 349 g/mol. The van der Waals surface area contributed by atoms with Crippen molar-refractivity contribution < 1.29 is 9.63 Å². The summed E-state index contributed by atoms with van der Waals surface area (Å²) >= 11 is 0. The van der Waals surface area contributed by atoms with Crippen molar-refractivity contribution in [2.75, 3.05) is 23.3 Å². The summed E-state index contributed by atoms with van der Waals surface area (Å²) in [5.41, 5.74) is 3.44. The number of nitrogens with zero attached hydrogens (tertiary/aromatic N) is 2. The monoisotopic (exact) mass is 349 g/mol. The number of hydrogen-bond donors (Lipinski definition) is 1. The summed E-state index contributed by atoms with van der Waals surface area (Å²) in [5.74, 6) is 0.540. The molecule has 4 rings (SSSR count). The van der Waals surface area contributed by atoms with E-state index in [1.165, 1.54) is 12.1 Å². The molecule has 1 saturated heterocycles. The van der Waals surface area contributed by atoms with Gasteiger partial charge in [0, 0.05) is 30.9 Å². The van der Waals surface area contributed by atoms with Crippen LogP contribution >= 0.6 is 0 Å². The molecule has 1 N–H and O–H groups in total. The lowest BCUT2D eigenvalue weighted by atomic mass is 10.0. The standard InChI is InChI=1S/C21H23N3O2/c1-15-11-12-24(14-15)18-9-7-17(8-10-18)22-21(25)19-13-20(26-23-19)16-5-3-2-4-6-16/h2-10,15,20H,11-14H2,1H3,(H,22,25). The number of hydrogen-bond acceptors (Lipinski definition) is 4. The van der Waals surface area contributed by atoms with Crippen LogP contribution < -0.4 is 10.2 Å². The van der Waals surface area contributed by atoms with Crippen molar-refractivity contribution in [3.8, 4) is 0 Å². The van der Waals surface area contributed by atoms with Crippen LogP contribution in [0.25, 0.3) is 0 Å². The average Bonchev–Trinajstić information content (AvgIpc) is 3.32. The van der Waals surface area contributed by atoms with Gasteiger partial charge in [0.2, 0.25) is 0 Å². The van der Waals surface area contributed by atoms with Gasteiger partial charge in [-0.1, -0.05) is 42.4 Å². The minimum atomic E-state index is -0.203. The SMILES string of the molecule is CC1CCN(c2ccc(NC(=O)C3=NOC(c4ccccc4)C3)cc2)C1. The zero-order valence-corrected chi connectivity index (χ0v) is 14.9. The highest BCUT2D eigenvalue weighted by atomic mass is 16.6. The van der Waals surface area contributed by atoms with Crippen molar-refractivity contribution in [1.82, 2.24) is 0 Å². The van der Waals surface area contributed by atoms with Crippen molar-refractivity contribution in [3.63, 3.8) is 0 Å². The van der Waals surface area contributed by atoms with Crippen LogP contribution in [-0.2, 0) is 9.63 Å². The largest absolute Gasteiger partial charge is 0.387 e. The topological polar surface area (TPSA) is 53.9 Å². The number of nitrogens with one attached hydrogen (secondary N) is 1. The second kappa shape index (κ2) is 7.20. The molecule has 0 bridgehead atoms. The molecule has 0 radical (unpaired) electrons. The zero-order valence-electron chi connectivity index (χ0n) is 14.9. The Kier molecular flexibility index (Phi) is 4.61. The van der Waals surface area contributed by atoms with E-state index in [4.69, 9.17) is 4.84 Å². The summed E-state index contributed by atoms with van der Waals surface area (Å²) in [5, 5.41) is 6.89. The van der Waals surface area contributed by atoms with Crippen molar-refractivity contribution in [2.24, 2.45) is 11.1 Å². The van der Waals surface area contributed by atoms with Crippen LogP contribution in [0.4, 0.5) is 11.4 Å². The Balaban J connectivity index is 1.35. The van der Waals surface area contributed by atoms with Crippen molar-refractivity contribution in [2.45, 2.75) is 25.9 Å². The van der Waals surface area contributed by atoms with Crippen LogP contribution in [0.1, 0.15) is 31.4 Å². The molecule has 0 aliphatic carbocycles. The molecule has 0 spiro atoms. The molecule has 2 heterocycles. The summed E-state index contributed by atoms with van der Waals surface area (Å²) in [4.78, 5) is 20.3. The van der Waals surface area contributed by atoms with Gasteiger partial charge in [0.15, 0.2) is 6.10 Å².